The molecule has 11 heteroatoms. The van der Waals surface area contributed by atoms with E-state index in [4.69, 9.17) is 24.3 Å². The van der Waals surface area contributed by atoms with Crippen molar-refractivity contribution in [2.24, 2.45) is 5.73 Å². The number of rotatable bonds is 37. The fraction of sp³-hybridized carbons (Fsp3) is 0.674. The number of phosphoric acid groups is 1. The van der Waals surface area contributed by atoms with Crippen molar-refractivity contribution in [2.45, 2.75) is 161 Å². The van der Waals surface area contributed by atoms with Crippen LogP contribution < -0.4 is 5.73 Å². The lowest BCUT2D eigenvalue weighted by atomic mass is 10.1. The number of carbonyl (C=O) groups excluding carboxylic acids is 2. The second-order valence-electron chi connectivity index (χ2n) is 13.3. The molecule has 0 aromatic carbocycles. The molecule has 0 aromatic rings. The average Bonchev–Trinajstić information content (AvgIpc) is 3.15. The first-order valence-electron chi connectivity index (χ1n) is 20.5. The first-order valence-corrected chi connectivity index (χ1v) is 22.0. The molecular formula is C43H74NO9P. The average molecular weight is 780 g/mol. The van der Waals surface area contributed by atoms with E-state index in [1.807, 2.05) is 30.4 Å². The third kappa shape index (κ3) is 37.7. The SMILES string of the molecule is CC/C=C/CC(O)/C=C/C=C/CCCCCCCC(=O)OC[C@H](COP(=O)(O)OCCN)OC(=O)CCC/C=C\C/C=C\C/C=C\CCCCCCCC. The molecule has 54 heavy (non-hydrogen) atoms. The largest absolute Gasteiger partial charge is 0.472 e. The van der Waals surface area contributed by atoms with Crippen molar-refractivity contribution < 1.29 is 42.7 Å². The second kappa shape index (κ2) is 38.7. The van der Waals surface area contributed by atoms with Crippen LogP contribution in [-0.2, 0) is 32.7 Å². The summed E-state index contributed by atoms with van der Waals surface area (Å²) in [5.74, 6) is -0.951. The summed E-state index contributed by atoms with van der Waals surface area (Å²) < 4.78 is 32.6. The van der Waals surface area contributed by atoms with Gasteiger partial charge in [0.1, 0.15) is 6.61 Å². The van der Waals surface area contributed by atoms with Crippen LogP contribution in [-0.4, -0.2) is 60.5 Å². The van der Waals surface area contributed by atoms with E-state index in [2.05, 4.69) is 50.3 Å². The molecule has 0 spiro atoms. The van der Waals surface area contributed by atoms with Gasteiger partial charge in [0.2, 0.25) is 0 Å². The molecule has 0 saturated carbocycles. The van der Waals surface area contributed by atoms with E-state index in [1.165, 1.54) is 38.5 Å². The van der Waals surface area contributed by atoms with Gasteiger partial charge in [0.15, 0.2) is 6.10 Å². The Hall–Kier alpha value is -2.59. The molecular weight excluding hydrogens is 705 g/mol. The fourth-order valence-electron chi connectivity index (χ4n) is 5.10. The molecule has 10 nitrogen and oxygen atoms in total. The molecule has 310 valence electrons. The van der Waals surface area contributed by atoms with E-state index in [0.29, 0.717) is 25.7 Å². The number of allylic oxidation sites excluding steroid dienone is 10. The van der Waals surface area contributed by atoms with Gasteiger partial charge in [-0.25, -0.2) is 4.57 Å². The van der Waals surface area contributed by atoms with Crippen molar-refractivity contribution in [1.29, 1.82) is 0 Å². The van der Waals surface area contributed by atoms with Gasteiger partial charge in [0.25, 0.3) is 0 Å². The van der Waals surface area contributed by atoms with Crippen LogP contribution in [0.5, 0.6) is 0 Å². The van der Waals surface area contributed by atoms with Crippen LogP contribution in [0.3, 0.4) is 0 Å². The fourth-order valence-corrected chi connectivity index (χ4v) is 5.86. The Morgan fingerprint density at radius 1 is 0.667 bits per heavy atom. The number of hydrogen-bond acceptors (Lipinski definition) is 9. The summed E-state index contributed by atoms with van der Waals surface area (Å²) in [6.45, 7) is 3.39. The molecule has 0 radical (unpaired) electrons. The molecule has 0 aliphatic carbocycles. The minimum Gasteiger partial charge on any atom is -0.462 e. The predicted octanol–water partition coefficient (Wildman–Crippen LogP) is 10.5. The van der Waals surface area contributed by atoms with Crippen molar-refractivity contribution in [1.82, 2.24) is 0 Å². The lowest BCUT2D eigenvalue weighted by Gasteiger charge is -2.19. The summed E-state index contributed by atoms with van der Waals surface area (Å²) in [5, 5.41) is 9.85. The molecule has 0 bridgehead atoms. The van der Waals surface area contributed by atoms with Gasteiger partial charge in [-0.1, -0.05) is 138 Å². The van der Waals surface area contributed by atoms with Crippen LogP contribution in [0.15, 0.2) is 72.9 Å². The number of nitrogens with two attached hydrogens (primary N) is 1. The third-order valence-corrected chi connectivity index (χ3v) is 9.14. The predicted molar refractivity (Wildman–Crippen MR) is 221 cm³/mol. The molecule has 2 unspecified atom stereocenters. The minimum atomic E-state index is -4.41. The smallest absolute Gasteiger partial charge is 0.462 e. The van der Waals surface area contributed by atoms with Crippen LogP contribution in [0.2, 0.25) is 0 Å². The normalized spacial score (nSPS) is 14.7. The number of phosphoric ester groups is 1. The van der Waals surface area contributed by atoms with Gasteiger partial charge in [-0.2, -0.15) is 0 Å². The quantitative estimate of drug-likeness (QED) is 0.0182. The molecule has 0 saturated heterocycles. The van der Waals surface area contributed by atoms with E-state index in [1.54, 1.807) is 6.08 Å². The highest BCUT2D eigenvalue weighted by atomic mass is 31.2. The van der Waals surface area contributed by atoms with Gasteiger partial charge in [-0.15, -0.1) is 0 Å². The van der Waals surface area contributed by atoms with Crippen molar-refractivity contribution in [2.75, 3.05) is 26.4 Å². The van der Waals surface area contributed by atoms with E-state index in [0.717, 1.165) is 57.8 Å². The number of aliphatic hydroxyl groups is 1. The number of hydrogen-bond donors (Lipinski definition) is 3. The highest BCUT2D eigenvalue weighted by Gasteiger charge is 2.25. The lowest BCUT2D eigenvalue weighted by Crippen LogP contribution is -2.29. The van der Waals surface area contributed by atoms with Crippen LogP contribution in [0.25, 0.3) is 0 Å². The van der Waals surface area contributed by atoms with Gasteiger partial charge in [-0.05, 0) is 70.6 Å². The van der Waals surface area contributed by atoms with Crippen LogP contribution in [0.4, 0.5) is 0 Å². The summed E-state index contributed by atoms with van der Waals surface area (Å²) in [6, 6.07) is 0. The number of unbranched alkanes of at least 4 members (excludes halogenated alkanes) is 12. The maximum atomic E-state index is 12.5. The van der Waals surface area contributed by atoms with Crippen LogP contribution in [0.1, 0.15) is 149 Å². The van der Waals surface area contributed by atoms with E-state index < -0.39 is 38.6 Å². The zero-order valence-corrected chi connectivity index (χ0v) is 34.4. The zero-order valence-electron chi connectivity index (χ0n) is 33.5. The van der Waals surface area contributed by atoms with Crippen molar-refractivity contribution in [3.05, 3.63) is 72.9 Å². The minimum absolute atomic E-state index is 0.0312. The Kier molecular flexibility index (Phi) is 36.8. The van der Waals surface area contributed by atoms with Crippen molar-refractivity contribution >= 4 is 19.8 Å². The number of ether oxygens (including phenoxy) is 2. The van der Waals surface area contributed by atoms with Gasteiger partial charge in [0.05, 0.1) is 19.3 Å². The summed E-state index contributed by atoms with van der Waals surface area (Å²) >= 11 is 0. The van der Waals surface area contributed by atoms with Gasteiger partial charge >= 0.3 is 19.8 Å². The Morgan fingerprint density at radius 3 is 1.93 bits per heavy atom. The lowest BCUT2D eigenvalue weighted by molar-refractivity contribution is -0.161. The van der Waals surface area contributed by atoms with Gasteiger partial charge in [0, 0.05) is 19.4 Å². The molecule has 0 heterocycles. The maximum Gasteiger partial charge on any atom is 0.472 e. The van der Waals surface area contributed by atoms with Crippen molar-refractivity contribution in [3.8, 4) is 0 Å². The van der Waals surface area contributed by atoms with Crippen LogP contribution in [0, 0.1) is 0 Å². The van der Waals surface area contributed by atoms with Crippen molar-refractivity contribution in [3.63, 3.8) is 0 Å². The van der Waals surface area contributed by atoms with Gasteiger partial charge in [-0.3, -0.25) is 18.6 Å². The Morgan fingerprint density at radius 2 is 1.26 bits per heavy atom. The second-order valence-corrected chi connectivity index (χ2v) is 14.8. The number of carbonyl (C=O) groups is 2. The molecule has 0 aromatic heterocycles. The topological polar surface area (TPSA) is 155 Å². The first-order chi connectivity index (χ1) is 26.2. The number of esters is 2. The van der Waals surface area contributed by atoms with Gasteiger partial charge < -0.3 is 25.2 Å². The Balaban J connectivity index is 4.36. The summed E-state index contributed by atoms with van der Waals surface area (Å²) in [5.41, 5.74) is 5.33. The third-order valence-electron chi connectivity index (χ3n) is 8.16. The molecule has 3 atom stereocenters. The first kappa shape index (κ1) is 51.4. The standard InChI is InChI=1S/C43H74NO9P/c1-3-5-7-8-9-10-11-12-13-14-15-16-17-20-24-27-31-35-43(47)53-41(39-52-54(48,49)51-37-36-44)38-50-42(46)34-30-26-23-21-18-19-22-25-29-33-40(45)32-28-6-4-2/h6,12-13,15-16,20,22,24-25,28-29,33,40-41,45H,3-5,7-11,14,17-19,21,23,26-27,30-32,34-39,44H2,1-2H3,(H,48,49)/b13-12-,16-15-,24-20-,25-22+,28-6+,33-29+/t40?,41-/m1/s1. The van der Waals surface area contributed by atoms with E-state index in [9.17, 15) is 24.2 Å². The number of aliphatic hydroxyl groups excluding tert-OH is 1. The Bertz CT molecular complexity index is 1130. The molecule has 0 fully saturated rings. The van der Waals surface area contributed by atoms with E-state index >= 15 is 0 Å². The molecule has 4 N–H and O–H groups in total. The molecule has 0 aliphatic rings. The highest BCUT2D eigenvalue weighted by Crippen LogP contribution is 2.43. The Labute approximate surface area is 327 Å². The maximum absolute atomic E-state index is 12.5. The van der Waals surface area contributed by atoms with E-state index in [-0.39, 0.29) is 32.6 Å². The summed E-state index contributed by atoms with van der Waals surface area (Å²) in [7, 11) is -4.41. The van der Waals surface area contributed by atoms with Crippen LogP contribution >= 0.6 is 7.82 Å². The molecule has 0 aliphatic heterocycles. The zero-order chi connectivity index (χ0) is 39.8. The highest BCUT2D eigenvalue weighted by molar-refractivity contribution is 7.47. The summed E-state index contributed by atoms with van der Waals surface area (Å²) in [6.07, 6.45) is 42.7. The monoisotopic (exact) mass is 780 g/mol. The summed E-state index contributed by atoms with van der Waals surface area (Å²) in [4.78, 5) is 34.8. The molecule has 0 rings (SSSR count). The molecule has 0 amide bonds.